The first-order chi connectivity index (χ1) is 12.7. The summed E-state index contributed by atoms with van der Waals surface area (Å²) in [5, 5.41) is 0. The molecule has 0 saturated heterocycles. The second-order valence-electron chi connectivity index (χ2n) is 6.72. The van der Waals surface area contributed by atoms with E-state index in [1.807, 2.05) is 24.4 Å². The van der Waals surface area contributed by atoms with Crippen molar-refractivity contribution >= 4 is 21.8 Å². The molecule has 0 bridgehead atoms. The number of benzene rings is 1. The second kappa shape index (κ2) is 5.71. The van der Waals surface area contributed by atoms with E-state index in [0.717, 1.165) is 27.0 Å². The highest BCUT2D eigenvalue weighted by Gasteiger charge is 2.45. The normalized spacial score (nSPS) is 21.3. The predicted octanol–water partition coefficient (Wildman–Crippen LogP) is 3.52. The Morgan fingerprint density at radius 2 is 1.77 bits per heavy atom. The number of rotatable bonds is 3. The molecule has 5 nitrogen and oxygen atoms in total. The molecular formula is C20H16BrN5. The summed E-state index contributed by atoms with van der Waals surface area (Å²) in [5.41, 5.74) is 10.0. The van der Waals surface area contributed by atoms with Crippen LogP contribution >= 0.6 is 15.9 Å². The fourth-order valence-corrected chi connectivity index (χ4v) is 4.03. The predicted molar refractivity (Wildman–Crippen MR) is 103 cm³/mol. The number of hydrogen-bond donors (Lipinski definition) is 1. The lowest BCUT2D eigenvalue weighted by Crippen LogP contribution is -2.27. The van der Waals surface area contributed by atoms with Crippen molar-refractivity contribution in [2.24, 2.45) is 10.7 Å². The van der Waals surface area contributed by atoms with Gasteiger partial charge >= 0.3 is 0 Å². The molecule has 1 aromatic carbocycles. The summed E-state index contributed by atoms with van der Waals surface area (Å²) in [4.78, 5) is 18.6. The van der Waals surface area contributed by atoms with Gasteiger partial charge in [0.25, 0.3) is 0 Å². The average Bonchev–Trinajstić information content (AvgIpc) is 3.47. The number of amidine groups is 1. The largest absolute Gasteiger partial charge is 0.382 e. The van der Waals surface area contributed by atoms with Crippen molar-refractivity contribution in [3.63, 3.8) is 0 Å². The molecule has 5 rings (SSSR count). The lowest BCUT2D eigenvalue weighted by molar-refractivity contribution is 0.641. The standard InChI is InChI=1S/C20H16BrN5/c21-15-3-1-2-13(10-15)20(14-6-7-23-16(11-14)12-4-5-12)18-17(19(22)26-20)24-8-9-25-18/h1-3,6-12H,4-5H2,(H2,22,26). The van der Waals surface area contributed by atoms with Gasteiger partial charge in [-0.3, -0.25) is 9.97 Å². The van der Waals surface area contributed by atoms with E-state index in [9.17, 15) is 0 Å². The molecule has 1 fully saturated rings. The first-order valence-electron chi connectivity index (χ1n) is 8.58. The maximum atomic E-state index is 6.27. The van der Waals surface area contributed by atoms with Crippen LogP contribution in [0.5, 0.6) is 0 Å². The molecule has 0 radical (unpaired) electrons. The highest BCUT2D eigenvalue weighted by molar-refractivity contribution is 9.10. The van der Waals surface area contributed by atoms with Crippen LogP contribution in [0.15, 0.2) is 64.5 Å². The van der Waals surface area contributed by atoms with E-state index in [4.69, 9.17) is 10.7 Å². The Morgan fingerprint density at radius 3 is 2.58 bits per heavy atom. The molecule has 128 valence electrons. The molecule has 0 spiro atoms. The molecule has 1 atom stereocenters. The number of aromatic nitrogens is 3. The van der Waals surface area contributed by atoms with Crippen LogP contribution in [-0.2, 0) is 5.54 Å². The zero-order valence-electron chi connectivity index (χ0n) is 13.9. The number of pyridine rings is 1. The Morgan fingerprint density at radius 1 is 0.962 bits per heavy atom. The van der Waals surface area contributed by atoms with Gasteiger partial charge in [0, 0.05) is 34.7 Å². The summed E-state index contributed by atoms with van der Waals surface area (Å²) >= 11 is 3.58. The first-order valence-corrected chi connectivity index (χ1v) is 9.37. The Hall–Kier alpha value is -2.60. The van der Waals surface area contributed by atoms with E-state index in [1.165, 1.54) is 12.8 Å². The summed E-state index contributed by atoms with van der Waals surface area (Å²) in [5.74, 6) is 0.969. The van der Waals surface area contributed by atoms with Gasteiger partial charge < -0.3 is 5.73 Å². The molecular weight excluding hydrogens is 390 g/mol. The van der Waals surface area contributed by atoms with E-state index in [-0.39, 0.29) is 0 Å². The molecule has 2 N–H and O–H groups in total. The Kier molecular flexibility index (Phi) is 3.43. The average molecular weight is 406 g/mol. The summed E-state index contributed by atoms with van der Waals surface area (Å²) in [6.45, 7) is 0. The second-order valence-corrected chi connectivity index (χ2v) is 7.63. The Balaban J connectivity index is 1.82. The third-order valence-corrected chi connectivity index (χ3v) is 5.50. The van der Waals surface area contributed by atoms with Gasteiger partial charge in [0.2, 0.25) is 0 Å². The molecule has 26 heavy (non-hydrogen) atoms. The zero-order valence-corrected chi connectivity index (χ0v) is 15.5. The van der Waals surface area contributed by atoms with Crippen LogP contribution in [0, 0.1) is 0 Å². The zero-order chi connectivity index (χ0) is 17.7. The monoisotopic (exact) mass is 405 g/mol. The fourth-order valence-electron chi connectivity index (χ4n) is 3.64. The topological polar surface area (TPSA) is 77.0 Å². The Labute approximate surface area is 159 Å². The van der Waals surface area contributed by atoms with Gasteiger partial charge in [-0.2, -0.15) is 0 Å². The van der Waals surface area contributed by atoms with E-state index in [1.54, 1.807) is 12.4 Å². The third kappa shape index (κ3) is 2.29. The van der Waals surface area contributed by atoms with Gasteiger partial charge in [0.1, 0.15) is 17.2 Å². The van der Waals surface area contributed by atoms with Crippen LogP contribution in [-0.4, -0.2) is 20.8 Å². The minimum atomic E-state index is -0.802. The number of nitrogens with zero attached hydrogens (tertiary/aromatic N) is 4. The van der Waals surface area contributed by atoms with Crippen molar-refractivity contribution in [3.8, 4) is 0 Å². The lowest BCUT2D eigenvalue weighted by Gasteiger charge is -2.28. The first kappa shape index (κ1) is 15.6. The maximum Gasteiger partial charge on any atom is 0.157 e. The van der Waals surface area contributed by atoms with Crippen molar-refractivity contribution in [1.82, 2.24) is 15.0 Å². The van der Waals surface area contributed by atoms with E-state index in [2.05, 4.69) is 49.1 Å². The fraction of sp³-hybridized carbons (Fsp3) is 0.200. The third-order valence-electron chi connectivity index (χ3n) is 5.01. The van der Waals surface area contributed by atoms with Gasteiger partial charge in [-0.05, 0) is 48.2 Å². The lowest BCUT2D eigenvalue weighted by atomic mass is 9.81. The highest BCUT2D eigenvalue weighted by atomic mass is 79.9. The summed E-state index contributed by atoms with van der Waals surface area (Å²) in [7, 11) is 0. The van der Waals surface area contributed by atoms with Gasteiger partial charge in [-0.15, -0.1) is 0 Å². The molecule has 2 aromatic heterocycles. The minimum Gasteiger partial charge on any atom is -0.382 e. The van der Waals surface area contributed by atoms with E-state index >= 15 is 0 Å². The van der Waals surface area contributed by atoms with Crippen LogP contribution in [0.3, 0.4) is 0 Å². The molecule has 6 heteroatoms. The van der Waals surface area contributed by atoms with Gasteiger partial charge in [-0.25, -0.2) is 9.98 Å². The van der Waals surface area contributed by atoms with Gasteiger partial charge in [0.15, 0.2) is 5.54 Å². The summed E-state index contributed by atoms with van der Waals surface area (Å²) < 4.78 is 0.983. The molecule has 3 heterocycles. The quantitative estimate of drug-likeness (QED) is 0.722. The van der Waals surface area contributed by atoms with Crippen molar-refractivity contribution in [2.75, 3.05) is 0 Å². The Bertz CT molecular complexity index is 1040. The molecule has 1 aliphatic carbocycles. The molecule has 0 amide bonds. The van der Waals surface area contributed by atoms with Crippen LogP contribution in [0.2, 0.25) is 0 Å². The molecule has 3 aromatic rings. The number of aliphatic imine (C=N–C) groups is 1. The van der Waals surface area contributed by atoms with Crippen molar-refractivity contribution in [3.05, 3.63) is 87.7 Å². The van der Waals surface area contributed by atoms with Crippen molar-refractivity contribution < 1.29 is 0 Å². The summed E-state index contributed by atoms with van der Waals surface area (Å²) in [6, 6.07) is 12.3. The molecule has 1 aliphatic heterocycles. The van der Waals surface area contributed by atoms with Crippen LogP contribution < -0.4 is 5.73 Å². The molecule has 1 unspecified atom stereocenters. The van der Waals surface area contributed by atoms with E-state index in [0.29, 0.717) is 17.4 Å². The van der Waals surface area contributed by atoms with E-state index < -0.39 is 5.54 Å². The number of halogens is 1. The van der Waals surface area contributed by atoms with Crippen LogP contribution in [0.25, 0.3) is 0 Å². The molecule has 1 saturated carbocycles. The summed E-state index contributed by atoms with van der Waals surface area (Å²) in [6.07, 6.45) is 7.61. The molecule has 2 aliphatic rings. The number of fused-ring (bicyclic) bond motifs is 1. The van der Waals surface area contributed by atoms with Gasteiger partial charge in [-0.1, -0.05) is 28.1 Å². The number of hydrogen-bond acceptors (Lipinski definition) is 5. The van der Waals surface area contributed by atoms with Crippen molar-refractivity contribution in [2.45, 2.75) is 24.3 Å². The van der Waals surface area contributed by atoms with Crippen LogP contribution in [0.1, 0.15) is 47.0 Å². The highest BCUT2D eigenvalue weighted by Crippen LogP contribution is 2.46. The maximum absolute atomic E-state index is 6.27. The SMILES string of the molecule is NC1=NC(c2cccc(Br)c2)(c2ccnc(C3CC3)c2)c2nccnc21. The minimum absolute atomic E-state index is 0.415. The van der Waals surface area contributed by atoms with Gasteiger partial charge in [0.05, 0.1) is 0 Å². The van der Waals surface area contributed by atoms with Crippen LogP contribution in [0.4, 0.5) is 0 Å². The van der Waals surface area contributed by atoms with Crippen molar-refractivity contribution in [1.29, 1.82) is 0 Å². The number of nitrogens with two attached hydrogens (primary N) is 1. The smallest absolute Gasteiger partial charge is 0.157 e.